The second kappa shape index (κ2) is 4.03. The summed E-state index contributed by atoms with van der Waals surface area (Å²) in [5, 5.41) is 1.71. The number of nitrogens with two attached hydrogens (primary N) is 1. The molecule has 2 N–H and O–H groups in total. The first-order valence-electron chi connectivity index (χ1n) is 4.92. The molecule has 0 aliphatic carbocycles. The second-order valence-electron chi connectivity index (χ2n) is 3.44. The van der Waals surface area contributed by atoms with Crippen molar-refractivity contribution >= 4 is 28.5 Å². The van der Waals surface area contributed by atoms with Gasteiger partial charge in [0.15, 0.2) is 0 Å². The number of anilines is 1. The molecule has 0 radical (unpaired) electrons. The number of halogens is 1. The predicted octanol–water partition coefficient (Wildman–Crippen LogP) is 2.82. The molecule has 0 fully saturated rings. The van der Waals surface area contributed by atoms with Crippen molar-refractivity contribution in [2.45, 2.75) is 19.8 Å². The van der Waals surface area contributed by atoms with Gasteiger partial charge < -0.3 is 5.73 Å². The van der Waals surface area contributed by atoms with Gasteiger partial charge in [0.25, 0.3) is 0 Å². The largest absolute Gasteiger partial charge is 0.368 e. The molecule has 0 atom stereocenters. The van der Waals surface area contributed by atoms with E-state index >= 15 is 0 Å². The van der Waals surface area contributed by atoms with Crippen LogP contribution in [0.2, 0.25) is 5.02 Å². The van der Waals surface area contributed by atoms with Gasteiger partial charge in [-0.15, -0.1) is 0 Å². The van der Waals surface area contributed by atoms with Gasteiger partial charge >= 0.3 is 0 Å². The van der Waals surface area contributed by atoms with Crippen LogP contribution in [0.1, 0.15) is 19.0 Å². The van der Waals surface area contributed by atoms with Crippen molar-refractivity contribution in [3.8, 4) is 0 Å². The summed E-state index contributed by atoms with van der Waals surface area (Å²) in [7, 11) is 0. The molecule has 0 aliphatic heterocycles. The van der Waals surface area contributed by atoms with E-state index < -0.39 is 0 Å². The van der Waals surface area contributed by atoms with Crippen LogP contribution < -0.4 is 5.73 Å². The number of nitrogen functional groups attached to an aromatic ring is 1. The van der Waals surface area contributed by atoms with E-state index in [1.165, 1.54) is 0 Å². The predicted molar refractivity (Wildman–Crippen MR) is 63.0 cm³/mol. The average Bonchev–Trinajstić information content (AvgIpc) is 2.17. The third kappa shape index (κ3) is 2.02. The fourth-order valence-electron chi connectivity index (χ4n) is 1.62. The first-order chi connectivity index (χ1) is 7.20. The van der Waals surface area contributed by atoms with Crippen molar-refractivity contribution in [2.75, 3.05) is 5.73 Å². The molecule has 2 rings (SSSR count). The van der Waals surface area contributed by atoms with E-state index in [0.717, 1.165) is 29.4 Å². The van der Waals surface area contributed by atoms with Gasteiger partial charge in [0, 0.05) is 10.4 Å². The first kappa shape index (κ1) is 10.2. The highest BCUT2D eigenvalue weighted by molar-refractivity contribution is 6.31. The monoisotopic (exact) mass is 221 g/mol. The van der Waals surface area contributed by atoms with Crippen LogP contribution in [0.4, 0.5) is 5.95 Å². The van der Waals surface area contributed by atoms with Crippen molar-refractivity contribution in [3.63, 3.8) is 0 Å². The number of aromatic nitrogens is 2. The first-order valence-corrected chi connectivity index (χ1v) is 5.30. The topological polar surface area (TPSA) is 51.8 Å². The third-order valence-electron chi connectivity index (χ3n) is 2.24. The van der Waals surface area contributed by atoms with Crippen molar-refractivity contribution in [3.05, 3.63) is 28.9 Å². The Hall–Kier alpha value is -1.35. The molecule has 4 heteroatoms. The lowest BCUT2D eigenvalue weighted by Crippen LogP contribution is -2.00. The van der Waals surface area contributed by atoms with E-state index in [2.05, 4.69) is 16.9 Å². The molecule has 2 aromatic rings. The molecule has 0 spiro atoms. The molecule has 1 aromatic carbocycles. The van der Waals surface area contributed by atoms with E-state index in [9.17, 15) is 0 Å². The Bertz CT molecular complexity index is 491. The lowest BCUT2D eigenvalue weighted by Gasteiger charge is -2.05. The fourth-order valence-corrected chi connectivity index (χ4v) is 1.78. The number of hydrogen-bond donors (Lipinski definition) is 1. The minimum Gasteiger partial charge on any atom is -0.368 e. The van der Waals surface area contributed by atoms with Crippen molar-refractivity contribution in [1.29, 1.82) is 0 Å². The van der Waals surface area contributed by atoms with Crippen LogP contribution in [-0.4, -0.2) is 9.97 Å². The number of benzene rings is 1. The van der Waals surface area contributed by atoms with Crippen LogP contribution in [-0.2, 0) is 6.42 Å². The van der Waals surface area contributed by atoms with Gasteiger partial charge in [-0.25, -0.2) is 9.97 Å². The fraction of sp³-hybridized carbons (Fsp3) is 0.273. The number of fused-ring (bicyclic) bond motifs is 1. The van der Waals surface area contributed by atoms with E-state index in [0.29, 0.717) is 11.0 Å². The maximum atomic E-state index is 5.90. The van der Waals surface area contributed by atoms with Crippen LogP contribution >= 0.6 is 11.6 Å². The Labute approximate surface area is 93.3 Å². The summed E-state index contributed by atoms with van der Waals surface area (Å²) in [5.41, 5.74) is 7.45. The Morgan fingerprint density at radius 3 is 2.87 bits per heavy atom. The number of rotatable bonds is 2. The Morgan fingerprint density at radius 1 is 1.33 bits per heavy atom. The lowest BCUT2D eigenvalue weighted by molar-refractivity contribution is 0.890. The molecule has 0 saturated heterocycles. The maximum absolute atomic E-state index is 5.90. The number of aryl methyl sites for hydroxylation is 1. The van der Waals surface area contributed by atoms with Crippen molar-refractivity contribution in [1.82, 2.24) is 9.97 Å². The van der Waals surface area contributed by atoms with Gasteiger partial charge in [-0.1, -0.05) is 24.9 Å². The zero-order valence-corrected chi connectivity index (χ0v) is 9.25. The molecule has 3 nitrogen and oxygen atoms in total. The summed E-state index contributed by atoms with van der Waals surface area (Å²) in [6.07, 6.45) is 1.94. The SMILES string of the molecule is CCCc1nc(N)nc2cc(Cl)ccc12. The highest BCUT2D eigenvalue weighted by Crippen LogP contribution is 2.21. The molecule has 0 bridgehead atoms. The van der Waals surface area contributed by atoms with Gasteiger partial charge in [0.05, 0.1) is 11.2 Å². The van der Waals surface area contributed by atoms with E-state index in [1.807, 2.05) is 18.2 Å². The molecule has 15 heavy (non-hydrogen) atoms. The quantitative estimate of drug-likeness (QED) is 0.849. The highest BCUT2D eigenvalue weighted by Gasteiger charge is 2.05. The molecule has 0 aliphatic rings. The van der Waals surface area contributed by atoms with Crippen LogP contribution in [0.25, 0.3) is 10.9 Å². The summed E-state index contributed by atoms with van der Waals surface area (Å²) in [6, 6.07) is 5.61. The van der Waals surface area contributed by atoms with Gasteiger partial charge in [0.1, 0.15) is 0 Å². The number of nitrogens with zero attached hydrogens (tertiary/aromatic N) is 2. The van der Waals surface area contributed by atoms with Gasteiger partial charge in [-0.2, -0.15) is 0 Å². The molecule has 0 amide bonds. The zero-order chi connectivity index (χ0) is 10.8. The van der Waals surface area contributed by atoms with Crippen molar-refractivity contribution in [2.24, 2.45) is 0 Å². The van der Waals surface area contributed by atoms with Crippen LogP contribution in [0.15, 0.2) is 18.2 Å². The summed E-state index contributed by atoms with van der Waals surface area (Å²) >= 11 is 5.90. The summed E-state index contributed by atoms with van der Waals surface area (Å²) in [5.74, 6) is 0.313. The Morgan fingerprint density at radius 2 is 2.13 bits per heavy atom. The molecule has 0 saturated carbocycles. The second-order valence-corrected chi connectivity index (χ2v) is 3.88. The minimum absolute atomic E-state index is 0.313. The van der Waals surface area contributed by atoms with Gasteiger partial charge in [-0.3, -0.25) is 0 Å². The van der Waals surface area contributed by atoms with E-state index in [1.54, 1.807) is 0 Å². The van der Waals surface area contributed by atoms with Crippen LogP contribution in [0, 0.1) is 0 Å². The smallest absolute Gasteiger partial charge is 0.220 e. The van der Waals surface area contributed by atoms with Crippen LogP contribution in [0.3, 0.4) is 0 Å². The summed E-state index contributed by atoms with van der Waals surface area (Å²) < 4.78 is 0. The van der Waals surface area contributed by atoms with Gasteiger partial charge in [0.2, 0.25) is 5.95 Å². The highest BCUT2D eigenvalue weighted by atomic mass is 35.5. The third-order valence-corrected chi connectivity index (χ3v) is 2.48. The molecule has 1 aromatic heterocycles. The van der Waals surface area contributed by atoms with Gasteiger partial charge in [-0.05, 0) is 24.6 Å². The molecular formula is C11H12ClN3. The van der Waals surface area contributed by atoms with Crippen LogP contribution in [0.5, 0.6) is 0 Å². The minimum atomic E-state index is 0.313. The van der Waals surface area contributed by atoms with E-state index in [-0.39, 0.29) is 0 Å². The van der Waals surface area contributed by atoms with Crippen molar-refractivity contribution < 1.29 is 0 Å². The average molecular weight is 222 g/mol. The van der Waals surface area contributed by atoms with E-state index in [4.69, 9.17) is 17.3 Å². The molecule has 78 valence electrons. The summed E-state index contributed by atoms with van der Waals surface area (Å²) in [4.78, 5) is 8.41. The molecule has 1 heterocycles. The standard InChI is InChI=1S/C11H12ClN3/c1-2-3-9-8-5-4-7(12)6-10(8)15-11(13)14-9/h4-6H,2-3H2,1H3,(H2,13,14,15). The summed E-state index contributed by atoms with van der Waals surface area (Å²) in [6.45, 7) is 2.11. The lowest BCUT2D eigenvalue weighted by atomic mass is 10.1. The number of hydrogen-bond acceptors (Lipinski definition) is 3. The Kier molecular flexibility index (Phi) is 2.73. The normalized spacial score (nSPS) is 10.8. The zero-order valence-electron chi connectivity index (χ0n) is 8.50. The molecule has 0 unspecified atom stereocenters. The molecular weight excluding hydrogens is 210 g/mol. The maximum Gasteiger partial charge on any atom is 0.220 e. The Balaban J connectivity index is 2.68.